The molecule has 124 valence electrons. The second-order valence-corrected chi connectivity index (χ2v) is 5.37. The summed E-state index contributed by atoms with van der Waals surface area (Å²) in [7, 11) is 0. The van der Waals surface area contributed by atoms with Crippen molar-refractivity contribution in [2.45, 2.75) is 0 Å². The average Bonchev–Trinajstić information content (AvgIpc) is 2.68. The van der Waals surface area contributed by atoms with Crippen LogP contribution >= 0.6 is 0 Å². The van der Waals surface area contributed by atoms with Crippen molar-refractivity contribution in [2.75, 3.05) is 5.32 Å². The van der Waals surface area contributed by atoms with Crippen LogP contribution in [-0.2, 0) is 0 Å². The van der Waals surface area contributed by atoms with Gasteiger partial charge in [-0.25, -0.2) is 0 Å². The average molecular weight is 325 g/mol. The van der Waals surface area contributed by atoms with E-state index in [0.29, 0.717) is 0 Å². The third-order valence-electron chi connectivity index (χ3n) is 3.80. The van der Waals surface area contributed by atoms with Gasteiger partial charge in [0.1, 0.15) is 0 Å². The van der Waals surface area contributed by atoms with Gasteiger partial charge in [-0.2, -0.15) is 0 Å². The van der Waals surface area contributed by atoms with Crippen molar-refractivity contribution in [3.05, 3.63) is 128 Å². The number of rotatable bonds is 8. The third-order valence-corrected chi connectivity index (χ3v) is 3.80. The van der Waals surface area contributed by atoms with E-state index in [-0.39, 0.29) is 0 Å². The Morgan fingerprint density at radius 1 is 0.720 bits per heavy atom. The normalized spacial score (nSPS) is 11.9. The molecule has 25 heavy (non-hydrogen) atoms. The molecule has 0 spiro atoms. The molecule has 0 aromatic heterocycles. The number of allylic oxidation sites excluding steroid dienone is 7. The second kappa shape index (κ2) is 9.09. The molecule has 2 rings (SSSR count). The molecule has 0 saturated carbocycles. The van der Waals surface area contributed by atoms with Gasteiger partial charge in [-0.3, -0.25) is 0 Å². The Hall–Kier alpha value is -3.32. The second-order valence-electron chi connectivity index (χ2n) is 5.37. The molecule has 0 saturated heterocycles. The molecule has 1 nitrogen and oxygen atoms in total. The topological polar surface area (TPSA) is 12.0 Å². The van der Waals surface area contributed by atoms with E-state index in [1.54, 1.807) is 24.3 Å². The molecule has 0 radical (unpaired) electrons. The first kappa shape index (κ1) is 18.0. The lowest BCUT2D eigenvalue weighted by Crippen LogP contribution is -2.01. The summed E-state index contributed by atoms with van der Waals surface area (Å²) < 4.78 is 0. The van der Waals surface area contributed by atoms with Crippen LogP contribution in [0.4, 0.5) is 5.69 Å². The zero-order chi connectivity index (χ0) is 18.1. The van der Waals surface area contributed by atoms with E-state index in [1.807, 2.05) is 24.3 Å². The quantitative estimate of drug-likeness (QED) is 0.533. The van der Waals surface area contributed by atoms with E-state index in [0.717, 1.165) is 22.5 Å². The number of hydrogen-bond acceptors (Lipinski definition) is 1. The summed E-state index contributed by atoms with van der Waals surface area (Å²) in [6, 6.07) is 18.6. The molecular weight excluding hydrogens is 302 g/mol. The molecule has 0 fully saturated rings. The summed E-state index contributed by atoms with van der Waals surface area (Å²) in [5, 5.41) is 3.40. The van der Waals surface area contributed by atoms with E-state index < -0.39 is 0 Å². The maximum Gasteiger partial charge on any atom is 0.0457 e. The molecule has 1 N–H and O–H groups in total. The van der Waals surface area contributed by atoms with Crippen LogP contribution in [0.3, 0.4) is 0 Å². The monoisotopic (exact) mass is 325 g/mol. The third kappa shape index (κ3) is 4.58. The smallest absolute Gasteiger partial charge is 0.0457 e. The van der Waals surface area contributed by atoms with Crippen molar-refractivity contribution in [1.82, 2.24) is 0 Å². The summed E-state index contributed by atoms with van der Waals surface area (Å²) in [6.45, 7) is 15.4. The summed E-state index contributed by atoms with van der Waals surface area (Å²) in [5.74, 6) is 0. The molecule has 0 atom stereocenters. The highest BCUT2D eigenvalue weighted by Gasteiger charge is 2.05. The minimum Gasteiger partial charge on any atom is -0.355 e. The van der Waals surface area contributed by atoms with Crippen LogP contribution < -0.4 is 5.32 Å². The minimum atomic E-state index is 0.871. The Morgan fingerprint density at radius 2 is 1.36 bits per heavy atom. The summed E-state index contributed by atoms with van der Waals surface area (Å²) in [5.41, 5.74) is 6.09. The molecule has 2 aromatic rings. The fraction of sp³-hybridized carbons (Fsp3) is 0. The maximum atomic E-state index is 3.91. The van der Waals surface area contributed by atoms with Gasteiger partial charge in [0, 0.05) is 17.0 Å². The number of hydrogen-bond donors (Lipinski definition) is 1. The predicted octanol–water partition coefficient (Wildman–Crippen LogP) is 6.69. The first-order valence-electron chi connectivity index (χ1n) is 8.10. The van der Waals surface area contributed by atoms with E-state index in [9.17, 15) is 0 Å². The highest BCUT2D eigenvalue weighted by atomic mass is 14.9. The standard InChI is InChI=1S/C24H23N/c1-5-12-19(6-2)23(7-3)24(8-4)25-22-17-15-21(16-18-22)20-13-10-9-11-14-20/h5-18,25H,1-4H2/b19-12+,24-23-. The Morgan fingerprint density at radius 3 is 1.88 bits per heavy atom. The van der Waals surface area contributed by atoms with Crippen LogP contribution in [0.5, 0.6) is 0 Å². The van der Waals surface area contributed by atoms with Crippen LogP contribution in [-0.4, -0.2) is 0 Å². The summed E-state index contributed by atoms with van der Waals surface area (Å²) in [4.78, 5) is 0. The molecular formula is C24H23N. The summed E-state index contributed by atoms with van der Waals surface area (Å²) >= 11 is 0. The van der Waals surface area contributed by atoms with Gasteiger partial charge in [-0.05, 0) is 34.9 Å². The van der Waals surface area contributed by atoms with Crippen molar-refractivity contribution < 1.29 is 0 Å². The molecule has 1 heteroatoms. The highest BCUT2D eigenvalue weighted by molar-refractivity contribution is 5.67. The van der Waals surface area contributed by atoms with Gasteiger partial charge in [0.15, 0.2) is 0 Å². The Bertz CT molecular complexity index is 818. The van der Waals surface area contributed by atoms with Crippen LogP contribution in [0, 0.1) is 0 Å². The molecule has 2 aromatic carbocycles. The molecule has 0 heterocycles. The lowest BCUT2D eigenvalue weighted by Gasteiger charge is -2.13. The first-order valence-corrected chi connectivity index (χ1v) is 8.10. The Kier molecular flexibility index (Phi) is 6.56. The Labute approximate surface area is 150 Å². The number of nitrogens with one attached hydrogen (secondary N) is 1. The van der Waals surface area contributed by atoms with E-state index in [1.165, 1.54) is 11.1 Å². The highest BCUT2D eigenvalue weighted by Crippen LogP contribution is 2.24. The van der Waals surface area contributed by atoms with Gasteiger partial charge in [-0.1, -0.05) is 93.1 Å². The molecule has 0 aliphatic heterocycles. The molecule has 0 bridgehead atoms. The molecule has 0 amide bonds. The largest absolute Gasteiger partial charge is 0.355 e. The van der Waals surface area contributed by atoms with Gasteiger partial charge >= 0.3 is 0 Å². The van der Waals surface area contributed by atoms with Gasteiger partial charge in [0.05, 0.1) is 0 Å². The van der Waals surface area contributed by atoms with Crippen LogP contribution in [0.1, 0.15) is 0 Å². The van der Waals surface area contributed by atoms with Crippen LogP contribution in [0.15, 0.2) is 128 Å². The molecule has 0 unspecified atom stereocenters. The lowest BCUT2D eigenvalue weighted by atomic mass is 10.0. The van der Waals surface area contributed by atoms with Crippen molar-refractivity contribution >= 4 is 5.69 Å². The fourth-order valence-corrected chi connectivity index (χ4v) is 2.54. The zero-order valence-electron chi connectivity index (χ0n) is 14.4. The molecule has 0 aliphatic rings. The first-order chi connectivity index (χ1) is 12.2. The van der Waals surface area contributed by atoms with E-state index in [2.05, 4.69) is 68.0 Å². The van der Waals surface area contributed by atoms with Gasteiger partial charge in [-0.15, -0.1) is 0 Å². The van der Waals surface area contributed by atoms with E-state index in [4.69, 9.17) is 0 Å². The number of anilines is 1. The van der Waals surface area contributed by atoms with Crippen molar-refractivity contribution in [2.24, 2.45) is 0 Å². The Balaban J connectivity index is 2.32. The zero-order valence-corrected chi connectivity index (χ0v) is 14.4. The summed E-state index contributed by atoms with van der Waals surface area (Å²) in [6.07, 6.45) is 8.98. The lowest BCUT2D eigenvalue weighted by molar-refractivity contribution is 1.39. The predicted molar refractivity (Wildman–Crippen MR) is 111 cm³/mol. The number of benzene rings is 2. The van der Waals surface area contributed by atoms with Crippen LogP contribution in [0.25, 0.3) is 11.1 Å². The van der Waals surface area contributed by atoms with Gasteiger partial charge in [0.2, 0.25) is 0 Å². The fourth-order valence-electron chi connectivity index (χ4n) is 2.54. The molecule has 0 aliphatic carbocycles. The van der Waals surface area contributed by atoms with E-state index >= 15 is 0 Å². The van der Waals surface area contributed by atoms with Crippen LogP contribution in [0.2, 0.25) is 0 Å². The maximum absolute atomic E-state index is 3.91. The van der Waals surface area contributed by atoms with Gasteiger partial charge in [0.25, 0.3) is 0 Å². The van der Waals surface area contributed by atoms with Crippen molar-refractivity contribution in [3.8, 4) is 11.1 Å². The SMILES string of the molecule is C=C/C=C(C=C)/C(C=C)=C(/C=C)Nc1ccc(-c2ccccc2)cc1. The van der Waals surface area contributed by atoms with Crippen molar-refractivity contribution in [1.29, 1.82) is 0 Å². The van der Waals surface area contributed by atoms with Crippen molar-refractivity contribution in [3.63, 3.8) is 0 Å². The minimum absolute atomic E-state index is 0.871. The van der Waals surface area contributed by atoms with Gasteiger partial charge < -0.3 is 5.32 Å².